The average Bonchev–Trinajstić information content (AvgIpc) is 2.95. The molecule has 1 N–H and O–H groups in total. The molecule has 3 aromatic rings. The monoisotopic (exact) mass is 383 g/mol. The smallest absolute Gasteiger partial charge is 0.255 e. The van der Waals surface area contributed by atoms with E-state index >= 15 is 0 Å². The topological polar surface area (TPSA) is 56.1 Å². The summed E-state index contributed by atoms with van der Waals surface area (Å²) in [7, 11) is 1.62. The van der Waals surface area contributed by atoms with Gasteiger partial charge in [-0.1, -0.05) is 48.0 Å². The van der Waals surface area contributed by atoms with Gasteiger partial charge in [0.2, 0.25) is 0 Å². The molecule has 1 aromatic heterocycles. The molecule has 0 aliphatic rings. The molecule has 27 heavy (non-hydrogen) atoms. The van der Waals surface area contributed by atoms with Gasteiger partial charge in [0.05, 0.1) is 24.9 Å². The van der Waals surface area contributed by atoms with Crippen LogP contribution in [0.2, 0.25) is 5.02 Å². The van der Waals surface area contributed by atoms with Crippen molar-refractivity contribution in [1.29, 1.82) is 0 Å². The normalized spacial score (nSPS) is 10.7. The highest BCUT2D eigenvalue weighted by Gasteiger charge is 2.19. The third-order valence-electron chi connectivity index (χ3n) is 4.52. The Labute approximate surface area is 163 Å². The molecule has 0 unspecified atom stereocenters. The molecule has 0 fully saturated rings. The van der Waals surface area contributed by atoms with Crippen molar-refractivity contribution in [2.24, 2.45) is 0 Å². The molecular formula is C21H22ClN3O2. The van der Waals surface area contributed by atoms with Crippen LogP contribution in [0.5, 0.6) is 5.75 Å². The molecule has 3 rings (SSSR count). The van der Waals surface area contributed by atoms with Gasteiger partial charge in [0, 0.05) is 22.8 Å². The first kappa shape index (κ1) is 19.0. The number of ether oxygens (including phenoxy) is 1. The lowest BCUT2D eigenvalue weighted by Gasteiger charge is -2.10. The van der Waals surface area contributed by atoms with Crippen LogP contribution in [0.25, 0.3) is 0 Å². The second-order valence-corrected chi connectivity index (χ2v) is 6.70. The van der Waals surface area contributed by atoms with Crippen LogP contribution >= 0.6 is 11.6 Å². The second-order valence-electron chi connectivity index (χ2n) is 6.29. The van der Waals surface area contributed by atoms with Crippen LogP contribution < -0.4 is 10.1 Å². The summed E-state index contributed by atoms with van der Waals surface area (Å²) >= 11 is 6.25. The van der Waals surface area contributed by atoms with Crippen LogP contribution in [0.1, 0.15) is 32.9 Å². The van der Waals surface area contributed by atoms with E-state index in [1.165, 1.54) is 0 Å². The molecule has 0 aliphatic carbocycles. The van der Waals surface area contributed by atoms with Gasteiger partial charge in [0.1, 0.15) is 5.75 Å². The van der Waals surface area contributed by atoms with Gasteiger partial charge in [-0.2, -0.15) is 5.10 Å². The summed E-state index contributed by atoms with van der Waals surface area (Å²) in [6, 6.07) is 15.3. The van der Waals surface area contributed by atoms with Crippen molar-refractivity contribution in [1.82, 2.24) is 15.1 Å². The van der Waals surface area contributed by atoms with Crippen LogP contribution in [-0.2, 0) is 13.1 Å². The van der Waals surface area contributed by atoms with Crippen molar-refractivity contribution in [3.05, 3.63) is 81.6 Å². The van der Waals surface area contributed by atoms with Crippen LogP contribution in [0, 0.1) is 13.8 Å². The summed E-state index contributed by atoms with van der Waals surface area (Å²) in [5, 5.41) is 8.18. The van der Waals surface area contributed by atoms with E-state index in [1.54, 1.807) is 7.11 Å². The first-order valence-corrected chi connectivity index (χ1v) is 9.06. The Balaban J connectivity index is 1.77. The van der Waals surface area contributed by atoms with Crippen molar-refractivity contribution in [3.63, 3.8) is 0 Å². The van der Waals surface area contributed by atoms with E-state index in [0.29, 0.717) is 29.4 Å². The lowest BCUT2D eigenvalue weighted by molar-refractivity contribution is 0.0949. The van der Waals surface area contributed by atoms with E-state index in [9.17, 15) is 4.79 Å². The number of carbonyl (C=O) groups excluding carboxylic acids is 1. The molecule has 0 bridgehead atoms. The van der Waals surface area contributed by atoms with Crippen LogP contribution in [0.3, 0.4) is 0 Å². The summed E-state index contributed by atoms with van der Waals surface area (Å²) in [5.74, 6) is 0.599. The Morgan fingerprint density at radius 2 is 1.78 bits per heavy atom. The zero-order valence-electron chi connectivity index (χ0n) is 15.6. The molecule has 0 aliphatic heterocycles. The fourth-order valence-electron chi connectivity index (χ4n) is 3.08. The average molecular weight is 384 g/mol. The van der Waals surface area contributed by atoms with E-state index in [4.69, 9.17) is 16.3 Å². The van der Waals surface area contributed by atoms with Crippen LogP contribution in [0.15, 0.2) is 48.5 Å². The lowest BCUT2D eigenvalue weighted by Crippen LogP contribution is -2.24. The van der Waals surface area contributed by atoms with Crippen molar-refractivity contribution in [3.8, 4) is 5.75 Å². The minimum Gasteiger partial charge on any atom is -0.496 e. The number of para-hydroxylation sites is 1. The third kappa shape index (κ3) is 4.14. The maximum absolute atomic E-state index is 12.8. The van der Waals surface area contributed by atoms with Crippen molar-refractivity contribution >= 4 is 17.5 Å². The van der Waals surface area contributed by atoms with Crippen molar-refractivity contribution in [2.45, 2.75) is 26.9 Å². The number of rotatable bonds is 6. The number of amides is 1. The third-order valence-corrected chi connectivity index (χ3v) is 4.89. The number of aromatic nitrogens is 2. The van der Waals surface area contributed by atoms with Crippen molar-refractivity contribution in [2.75, 3.05) is 7.11 Å². The van der Waals surface area contributed by atoms with E-state index in [2.05, 4.69) is 10.4 Å². The molecule has 0 saturated carbocycles. The summed E-state index contributed by atoms with van der Waals surface area (Å²) < 4.78 is 7.15. The molecule has 0 spiro atoms. The highest BCUT2D eigenvalue weighted by Crippen LogP contribution is 2.20. The van der Waals surface area contributed by atoms with Gasteiger partial charge in [-0.25, -0.2) is 0 Å². The van der Waals surface area contributed by atoms with E-state index in [0.717, 1.165) is 22.6 Å². The minimum absolute atomic E-state index is 0.152. The zero-order valence-corrected chi connectivity index (χ0v) is 16.4. The number of aryl methyl sites for hydroxylation is 1. The van der Waals surface area contributed by atoms with Crippen LogP contribution in [-0.4, -0.2) is 22.8 Å². The Kier molecular flexibility index (Phi) is 5.81. The second kappa shape index (κ2) is 8.27. The highest BCUT2D eigenvalue weighted by atomic mass is 35.5. The summed E-state index contributed by atoms with van der Waals surface area (Å²) in [6.07, 6.45) is 0. The molecule has 2 aromatic carbocycles. The Bertz CT molecular complexity index is 966. The van der Waals surface area contributed by atoms with Crippen LogP contribution in [0.4, 0.5) is 0 Å². The maximum Gasteiger partial charge on any atom is 0.255 e. The first-order valence-electron chi connectivity index (χ1n) is 8.68. The SMILES string of the molecule is COc1ccccc1CNC(=O)c1c(C)nn(Cc2ccccc2Cl)c1C. The number of nitrogens with zero attached hydrogens (tertiary/aromatic N) is 2. The molecule has 1 amide bonds. The minimum atomic E-state index is -0.152. The molecule has 140 valence electrons. The number of carbonyl (C=O) groups is 1. The number of nitrogens with one attached hydrogen (secondary N) is 1. The molecule has 6 heteroatoms. The van der Waals surface area contributed by atoms with E-state index in [-0.39, 0.29) is 5.91 Å². The molecule has 1 heterocycles. The molecule has 5 nitrogen and oxygen atoms in total. The van der Waals surface area contributed by atoms with Gasteiger partial charge < -0.3 is 10.1 Å². The molecule has 0 atom stereocenters. The zero-order chi connectivity index (χ0) is 19.4. The van der Waals surface area contributed by atoms with Gasteiger partial charge in [-0.3, -0.25) is 9.48 Å². The molecule has 0 saturated heterocycles. The molecule has 0 radical (unpaired) electrons. The van der Waals surface area contributed by atoms with Gasteiger partial charge in [0.25, 0.3) is 5.91 Å². The predicted molar refractivity (Wildman–Crippen MR) is 106 cm³/mol. The number of methoxy groups -OCH3 is 1. The molecular weight excluding hydrogens is 362 g/mol. The quantitative estimate of drug-likeness (QED) is 0.696. The number of hydrogen-bond acceptors (Lipinski definition) is 3. The first-order chi connectivity index (χ1) is 13.0. The fraction of sp³-hybridized carbons (Fsp3) is 0.238. The summed E-state index contributed by atoms with van der Waals surface area (Å²) in [5.41, 5.74) is 3.98. The van der Waals surface area contributed by atoms with Gasteiger partial charge in [0.15, 0.2) is 0 Å². The standard InChI is InChI=1S/C21H22ClN3O2/c1-14-20(21(26)23-12-16-8-5-7-11-19(16)27-3)15(2)25(24-14)13-17-9-4-6-10-18(17)22/h4-11H,12-13H2,1-3H3,(H,23,26). The summed E-state index contributed by atoms with van der Waals surface area (Å²) in [4.78, 5) is 12.8. The number of benzene rings is 2. The highest BCUT2D eigenvalue weighted by molar-refractivity contribution is 6.31. The van der Waals surface area contributed by atoms with E-state index in [1.807, 2.05) is 67.1 Å². The Morgan fingerprint density at radius 3 is 2.48 bits per heavy atom. The number of hydrogen-bond donors (Lipinski definition) is 1. The largest absolute Gasteiger partial charge is 0.496 e. The number of halogens is 1. The lowest BCUT2D eigenvalue weighted by atomic mass is 10.1. The van der Waals surface area contributed by atoms with Gasteiger partial charge in [-0.15, -0.1) is 0 Å². The maximum atomic E-state index is 12.8. The summed E-state index contributed by atoms with van der Waals surface area (Å²) in [6.45, 7) is 4.65. The Hall–Kier alpha value is -2.79. The van der Waals surface area contributed by atoms with E-state index < -0.39 is 0 Å². The predicted octanol–water partition coefficient (Wildman–Crippen LogP) is 4.14. The van der Waals surface area contributed by atoms with Gasteiger partial charge >= 0.3 is 0 Å². The fourth-order valence-corrected chi connectivity index (χ4v) is 3.28. The van der Waals surface area contributed by atoms with Gasteiger partial charge in [-0.05, 0) is 31.5 Å². The van der Waals surface area contributed by atoms with Crippen molar-refractivity contribution < 1.29 is 9.53 Å². The Morgan fingerprint density at radius 1 is 1.11 bits per heavy atom.